The van der Waals surface area contributed by atoms with Crippen molar-refractivity contribution in [2.24, 2.45) is 5.92 Å². The molecule has 10 heteroatoms. The molecule has 40 heavy (non-hydrogen) atoms. The van der Waals surface area contributed by atoms with Gasteiger partial charge in [-0.1, -0.05) is 56.3 Å². The Bertz CT molecular complexity index is 1440. The predicted octanol–water partition coefficient (Wildman–Crippen LogP) is 3.46. The Kier molecular flexibility index (Phi) is 9.44. The molecule has 0 saturated carbocycles. The van der Waals surface area contributed by atoms with Crippen molar-refractivity contribution in [2.75, 3.05) is 31.1 Å². The molecule has 2 amide bonds. The average molecular weight is 566 g/mol. The monoisotopic (exact) mass is 565 g/mol. The first-order valence-corrected chi connectivity index (χ1v) is 14.7. The van der Waals surface area contributed by atoms with E-state index in [1.54, 1.807) is 37.3 Å². The zero-order chi connectivity index (χ0) is 28.7. The Hall–Kier alpha value is -3.89. The van der Waals surface area contributed by atoms with Crippen LogP contribution in [0.15, 0.2) is 77.7 Å². The molecule has 0 bridgehead atoms. The quantitative estimate of drug-likeness (QED) is 0.368. The van der Waals surface area contributed by atoms with E-state index < -0.39 is 16.1 Å². The van der Waals surface area contributed by atoms with E-state index in [9.17, 15) is 18.0 Å². The summed E-state index contributed by atoms with van der Waals surface area (Å²) in [7, 11) is -3.65. The first-order valence-electron chi connectivity index (χ1n) is 13.2. The number of benzene rings is 3. The number of nitrogens with one attached hydrogen (secondary N) is 2. The van der Waals surface area contributed by atoms with Gasteiger partial charge in [0.1, 0.15) is 11.5 Å². The molecule has 0 fully saturated rings. The molecule has 0 aromatic heterocycles. The fourth-order valence-electron chi connectivity index (χ4n) is 4.22. The van der Waals surface area contributed by atoms with Crippen LogP contribution >= 0.6 is 0 Å². The van der Waals surface area contributed by atoms with Crippen LogP contribution in [0, 0.1) is 12.8 Å². The third-order valence-electron chi connectivity index (χ3n) is 6.41. The van der Waals surface area contributed by atoms with Crippen LogP contribution in [0.5, 0.6) is 11.5 Å². The lowest BCUT2D eigenvalue weighted by molar-refractivity contribution is -0.128. The second kappa shape index (κ2) is 13.0. The number of aryl methyl sites for hydroxylation is 1. The standard InChI is InChI=1S/C30H35N3O6S/c1-21(2)18-32-40(36,37)24-13-14-26(22(3)17-24)38-20-29(34)33-19-28(39-27-12-8-7-11-25(27)33)30(35)31-16-15-23-9-5-4-6-10-23/h4-14,17,21,28,32H,15-16,18-20H2,1-3H3,(H,31,35). The molecule has 0 saturated heterocycles. The topological polar surface area (TPSA) is 114 Å². The molecule has 1 aliphatic rings. The van der Waals surface area contributed by atoms with Gasteiger partial charge in [-0.3, -0.25) is 9.59 Å². The van der Waals surface area contributed by atoms with Crippen LogP contribution in [-0.2, 0) is 26.0 Å². The van der Waals surface area contributed by atoms with Gasteiger partial charge in [-0.15, -0.1) is 0 Å². The molecule has 9 nitrogen and oxygen atoms in total. The molecule has 1 unspecified atom stereocenters. The zero-order valence-corrected chi connectivity index (χ0v) is 23.7. The third kappa shape index (κ3) is 7.40. The van der Waals surface area contributed by atoms with E-state index in [-0.39, 0.29) is 35.8 Å². The van der Waals surface area contributed by atoms with Crippen LogP contribution in [0.1, 0.15) is 25.0 Å². The molecule has 1 atom stereocenters. The van der Waals surface area contributed by atoms with Crippen molar-refractivity contribution in [2.45, 2.75) is 38.2 Å². The van der Waals surface area contributed by atoms with Gasteiger partial charge in [-0.05, 0) is 60.7 Å². The van der Waals surface area contributed by atoms with Crippen molar-refractivity contribution >= 4 is 27.5 Å². The van der Waals surface area contributed by atoms with Crippen LogP contribution in [0.2, 0.25) is 0 Å². The molecular formula is C30H35N3O6S. The summed E-state index contributed by atoms with van der Waals surface area (Å²) in [5.41, 5.74) is 2.25. The van der Waals surface area contributed by atoms with E-state index in [0.29, 0.717) is 42.3 Å². The SMILES string of the molecule is Cc1cc(S(=O)(=O)NCC(C)C)ccc1OCC(=O)N1CC(C(=O)NCCc2ccccc2)Oc2ccccc21. The molecule has 3 aromatic rings. The predicted molar refractivity (Wildman–Crippen MR) is 153 cm³/mol. The van der Waals surface area contributed by atoms with Gasteiger partial charge in [0.15, 0.2) is 12.7 Å². The minimum atomic E-state index is -3.65. The van der Waals surface area contributed by atoms with Gasteiger partial charge in [-0.25, -0.2) is 13.1 Å². The van der Waals surface area contributed by atoms with Crippen LogP contribution in [0.4, 0.5) is 5.69 Å². The summed E-state index contributed by atoms with van der Waals surface area (Å²) in [5, 5.41) is 2.90. The minimum Gasteiger partial charge on any atom is -0.483 e. The molecular weight excluding hydrogens is 530 g/mol. The summed E-state index contributed by atoms with van der Waals surface area (Å²) in [4.78, 5) is 27.8. The summed E-state index contributed by atoms with van der Waals surface area (Å²) in [6.45, 7) is 6.09. The number of hydrogen-bond donors (Lipinski definition) is 2. The fourth-order valence-corrected chi connectivity index (χ4v) is 5.52. The second-order valence-electron chi connectivity index (χ2n) is 10.1. The second-order valence-corrected chi connectivity index (χ2v) is 11.8. The molecule has 212 valence electrons. The molecule has 0 spiro atoms. The Balaban J connectivity index is 1.39. The number of para-hydroxylation sites is 2. The third-order valence-corrected chi connectivity index (χ3v) is 7.83. The van der Waals surface area contributed by atoms with E-state index in [0.717, 1.165) is 5.56 Å². The van der Waals surface area contributed by atoms with Crippen LogP contribution in [-0.4, -0.2) is 52.6 Å². The van der Waals surface area contributed by atoms with E-state index >= 15 is 0 Å². The van der Waals surface area contributed by atoms with Crippen molar-refractivity contribution in [1.29, 1.82) is 0 Å². The Morgan fingerprint density at radius 3 is 2.50 bits per heavy atom. The smallest absolute Gasteiger partial charge is 0.265 e. The maximum atomic E-state index is 13.3. The number of anilines is 1. The lowest BCUT2D eigenvalue weighted by Gasteiger charge is -2.34. The van der Waals surface area contributed by atoms with Gasteiger partial charge in [0.25, 0.3) is 11.8 Å². The molecule has 1 aliphatic heterocycles. The van der Waals surface area contributed by atoms with Gasteiger partial charge in [0, 0.05) is 13.1 Å². The Labute approximate surface area is 235 Å². The molecule has 4 rings (SSSR count). The summed E-state index contributed by atoms with van der Waals surface area (Å²) >= 11 is 0. The highest BCUT2D eigenvalue weighted by molar-refractivity contribution is 7.89. The summed E-state index contributed by atoms with van der Waals surface area (Å²) in [6.07, 6.45) is -0.196. The Morgan fingerprint density at radius 2 is 1.77 bits per heavy atom. The van der Waals surface area contributed by atoms with Crippen molar-refractivity contribution in [3.63, 3.8) is 0 Å². The van der Waals surface area contributed by atoms with Gasteiger partial charge in [-0.2, -0.15) is 0 Å². The average Bonchev–Trinajstić information content (AvgIpc) is 2.95. The zero-order valence-electron chi connectivity index (χ0n) is 22.9. The number of carbonyl (C=O) groups excluding carboxylic acids is 2. The summed E-state index contributed by atoms with van der Waals surface area (Å²) in [5.74, 6) is 0.350. The van der Waals surface area contributed by atoms with E-state index in [2.05, 4.69) is 10.0 Å². The van der Waals surface area contributed by atoms with Crippen LogP contribution < -0.4 is 24.4 Å². The summed E-state index contributed by atoms with van der Waals surface area (Å²) < 4.78 is 39.4. The Morgan fingerprint density at radius 1 is 1.05 bits per heavy atom. The number of nitrogens with zero attached hydrogens (tertiary/aromatic N) is 1. The van der Waals surface area contributed by atoms with Crippen molar-refractivity contribution in [1.82, 2.24) is 10.0 Å². The number of fused-ring (bicyclic) bond motifs is 1. The highest BCUT2D eigenvalue weighted by Crippen LogP contribution is 2.33. The molecule has 0 radical (unpaired) electrons. The van der Waals surface area contributed by atoms with Gasteiger partial charge >= 0.3 is 0 Å². The largest absolute Gasteiger partial charge is 0.483 e. The number of carbonyl (C=O) groups is 2. The normalized spacial score (nSPS) is 14.8. The number of hydrogen-bond acceptors (Lipinski definition) is 6. The maximum Gasteiger partial charge on any atom is 0.265 e. The molecule has 2 N–H and O–H groups in total. The highest BCUT2D eigenvalue weighted by Gasteiger charge is 2.34. The molecule has 3 aromatic carbocycles. The van der Waals surface area contributed by atoms with E-state index in [4.69, 9.17) is 9.47 Å². The van der Waals surface area contributed by atoms with E-state index in [1.165, 1.54) is 17.0 Å². The fraction of sp³-hybridized carbons (Fsp3) is 0.333. The van der Waals surface area contributed by atoms with E-state index in [1.807, 2.05) is 44.2 Å². The number of sulfonamides is 1. The lowest BCUT2D eigenvalue weighted by atomic mass is 10.1. The van der Waals surface area contributed by atoms with Gasteiger partial charge in [0.05, 0.1) is 17.1 Å². The number of amides is 2. The van der Waals surface area contributed by atoms with Crippen molar-refractivity contribution < 1.29 is 27.5 Å². The highest BCUT2D eigenvalue weighted by atomic mass is 32.2. The first kappa shape index (κ1) is 29.1. The van der Waals surface area contributed by atoms with Crippen molar-refractivity contribution in [3.8, 4) is 11.5 Å². The van der Waals surface area contributed by atoms with Crippen LogP contribution in [0.25, 0.3) is 0 Å². The minimum absolute atomic E-state index is 0.0358. The molecule has 1 heterocycles. The van der Waals surface area contributed by atoms with Crippen molar-refractivity contribution in [3.05, 3.63) is 83.9 Å². The lowest BCUT2D eigenvalue weighted by Crippen LogP contribution is -2.52. The molecule has 0 aliphatic carbocycles. The van der Waals surface area contributed by atoms with Crippen LogP contribution in [0.3, 0.4) is 0 Å². The number of rotatable bonds is 11. The van der Waals surface area contributed by atoms with Gasteiger partial charge in [0.2, 0.25) is 10.0 Å². The first-order chi connectivity index (χ1) is 19.1. The van der Waals surface area contributed by atoms with Gasteiger partial charge < -0.3 is 19.7 Å². The summed E-state index contributed by atoms with van der Waals surface area (Å²) in [6, 6.07) is 21.4. The number of ether oxygens (including phenoxy) is 2. The maximum absolute atomic E-state index is 13.3.